The van der Waals surface area contributed by atoms with E-state index < -0.39 is 0 Å². The Morgan fingerprint density at radius 2 is 2.04 bits per heavy atom. The Hall–Kier alpha value is -2.09. The lowest BCUT2D eigenvalue weighted by atomic mass is 10.2. The van der Waals surface area contributed by atoms with E-state index in [4.69, 9.17) is 11.6 Å². The lowest BCUT2D eigenvalue weighted by Gasteiger charge is -2.10. The van der Waals surface area contributed by atoms with Gasteiger partial charge in [-0.1, -0.05) is 63.6 Å². The Morgan fingerprint density at radius 1 is 1.29 bits per heavy atom. The van der Waals surface area contributed by atoms with Crippen molar-refractivity contribution in [2.24, 2.45) is 0 Å². The molecule has 5 nitrogen and oxygen atoms in total. The molecule has 1 aromatic heterocycles. The zero-order valence-electron chi connectivity index (χ0n) is 15.2. The van der Waals surface area contributed by atoms with Crippen molar-refractivity contribution in [1.82, 2.24) is 14.8 Å². The molecule has 0 unspecified atom stereocenters. The van der Waals surface area contributed by atoms with Crippen molar-refractivity contribution in [3.8, 4) is 11.4 Å². The molecule has 0 spiro atoms. The molecule has 1 heterocycles. The lowest BCUT2D eigenvalue weighted by molar-refractivity contribution is -0.113. The van der Waals surface area contributed by atoms with Crippen molar-refractivity contribution in [2.75, 3.05) is 11.1 Å². The standard InChI is InChI=1S/C20H18BrClN4OS/c1-3-11-26-19(14-7-9-15(21)10-8-14)24-25-20(26)28-12-18(27)23-17-6-4-5-16(22)13(17)2/h3-10H,1,11-12H2,2H3,(H,23,27). The van der Waals surface area contributed by atoms with Crippen molar-refractivity contribution >= 4 is 50.9 Å². The highest BCUT2D eigenvalue weighted by Crippen LogP contribution is 2.26. The Labute approximate surface area is 181 Å². The Bertz CT molecular complexity index is 1000. The third-order valence-corrected chi connectivity index (χ3v) is 5.91. The van der Waals surface area contributed by atoms with E-state index in [1.165, 1.54) is 11.8 Å². The number of allylic oxidation sites excluding steroid dienone is 1. The van der Waals surface area contributed by atoms with Crippen LogP contribution in [0.4, 0.5) is 5.69 Å². The molecule has 0 aliphatic carbocycles. The van der Waals surface area contributed by atoms with Crippen LogP contribution in [0.3, 0.4) is 0 Å². The predicted octanol–water partition coefficient (Wildman–Crippen LogP) is 5.59. The number of nitrogens with one attached hydrogen (secondary N) is 1. The van der Waals surface area contributed by atoms with Crippen LogP contribution < -0.4 is 5.32 Å². The van der Waals surface area contributed by atoms with E-state index in [1.807, 2.05) is 47.9 Å². The molecular formula is C20H18BrClN4OS. The van der Waals surface area contributed by atoms with Gasteiger partial charge in [-0.05, 0) is 36.8 Å². The molecule has 0 saturated heterocycles. The van der Waals surface area contributed by atoms with E-state index in [-0.39, 0.29) is 11.7 Å². The number of nitrogens with zero attached hydrogens (tertiary/aromatic N) is 3. The number of anilines is 1. The molecular weight excluding hydrogens is 460 g/mol. The molecule has 0 saturated carbocycles. The van der Waals surface area contributed by atoms with Crippen LogP contribution in [0.5, 0.6) is 0 Å². The van der Waals surface area contributed by atoms with Gasteiger partial charge in [0.25, 0.3) is 0 Å². The summed E-state index contributed by atoms with van der Waals surface area (Å²) in [6.45, 7) is 6.23. The quantitative estimate of drug-likeness (QED) is 0.356. The third kappa shape index (κ3) is 4.84. The average molecular weight is 478 g/mol. The molecule has 1 amide bonds. The third-order valence-electron chi connectivity index (χ3n) is 4.01. The molecule has 3 rings (SSSR count). The number of carbonyl (C=O) groups excluding carboxylic acids is 1. The maximum absolute atomic E-state index is 12.4. The first-order chi connectivity index (χ1) is 13.5. The molecule has 0 radical (unpaired) electrons. The van der Waals surface area contributed by atoms with Crippen LogP contribution in [0.2, 0.25) is 5.02 Å². The van der Waals surface area contributed by atoms with E-state index in [9.17, 15) is 4.79 Å². The van der Waals surface area contributed by atoms with Crippen LogP contribution in [0.25, 0.3) is 11.4 Å². The summed E-state index contributed by atoms with van der Waals surface area (Å²) >= 11 is 10.9. The fraction of sp³-hybridized carbons (Fsp3) is 0.150. The summed E-state index contributed by atoms with van der Waals surface area (Å²) in [6.07, 6.45) is 1.78. The monoisotopic (exact) mass is 476 g/mol. The van der Waals surface area contributed by atoms with Gasteiger partial charge < -0.3 is 5.32 Å². The maximum Gasteiger partial charge on any atom is 0.234 e. The van der Waals surface area contributed by atoms with E-state index in [0.29, 0.717) is 22.4 Å². The number of halogens is 2. The van der Waals surface area contributed by atoms with Gasteiger partial charge in [0.1, 0.15) is 0 Å². The summed E-state index contributed by atoms with van der Waals surface area (Å²) < 4.78 is 2.94. The van der Waals surface area contributed by atoms with Gasteiger partial charge in [-0.15, -0.1) is 16.8 Å². The fourth-order valence-corrected chi connectivity index (χ4v) is 3.75. The van der Waals surface area contributed by atoms with Gasteiger partial charge in [0.05, 0.1) is 5.75 Å². The summed E-state index contributed by atoms with van der Waals surface area (Å²) in [7, 11) is 0. The predicted molar refractivity (Wildman–Crippen MR) is 119 cm³/mol. The Kier molecular flexibility index (Phi) is 6.93. The number of hydrogen-bond acceptors (Lipinski definition) is 4. The minimum Gasteiger partial charge on any atom is -0.325 e. The molecule has 0 fully saturated rings. The number of amides is 1. The molecule has 28 heavy (non-hydrogen) atoms. The number of benzene rings is 2. The second kappa shape index (κ2) is 9.41. The first-order valence-electron chi connectivity index (χ1n) is 8.47. The van der Waals surface area contributed by atoms with Crippen LogP contribution >= 0.6 is 39.3 Å². The maximum atomic E-state index is 12.4. The number of thioether (sulfide) groups is 1. The zero-order valence-corrected chi connectivity index (χ0v) is 18.3. The first-order valence-corrected chi connectivity index (χ1v) is 10.6. The molecule has 0 atom stereocenters. The second-order valence-corrected chi connectivity index (χ2v) is 8.23. The van der Waals surface area contributed by atoms with Crippen LogP contribution in [-0.2, 0) is 11.3 Å². The second-order valence-electron chi connectivity index (χ2n) is 5.96. The van der Waals surface area contributed by atoms with Crippen molar-refractivity contribution in [2.45, 2.75) is 18.6 Å². The minimum atomic E-state index is -0.131. The van der Waals surface area contributed by atoms with Gasteiger partial charge in [0.2, 0.25) is 5.91 Å². The van der Waals surface area contributed by atoms with E-state index in [1.54, 1.807) is 12.1 Å². The zero-order chi connectivity index (χ0) is 20.1. The fourth-order valence-electron chi connectivity index (χ4n) is 2.56. The molecule has 1 N–H and O–H groups in total. The summed E-state index contributed by atoms with van der Waals surface area (Å²) in [5.41, 5.74) is 2.50. The van der Waals surface area contributed by atoms with Crippen LogP contribution in [0, 0.1) is 6.92 Å². The SMILES string of the molecule is C=CCn1c(SCC(=O)Nc2cccc(Cl)c2C)nnc1-c1ccc(Br)cc1. The summed E-state index contributed by atoms with van der Waals surface area (Å²) in [5.74, 6) is 0.816. The van der Waals surface area contributed by atoms with Crippen LogP contribution in [0.15, 0.2) is 64.7 Å². The van der Waals surface area contributed by atoms with Gasteiger partial charge in [-0.3, -0.25) is 9.36 Å². The molecule has 144 valence electrons. The summed E-state index contributed by atoms with van der Waals surface area (Å²) in [4.78, 5) is 12.4. The molecule has 2 aromatic carbocycles. The molecule has 0 aliphatic rings. The number of hydrogen-bond donors (Lipinski definition) is 1. The average Bonchev–Trinajstić information content (AvgIpc) is 3.07. The van der Waals surface area contributed by atoms with Crippen molar-refractivity contribution in [3.63, 3.8) is 0 Å². The molecule has 0 bridgehead atoms. The van der Waals surface area contributed by atoms with Crippen molar-refractivity contribution in [1.29, 1.82) is 0 Å². The van der Waals surface area contributed by atoms with E-state index in [2.05, 4.69) is 38.0 Å². The highest BCUT2D eigenvalue weighted by atomic mass is 79.9. The van der Waals surface area contributed by atoms with E-state index >= 15 is 0 Å². The van der Waals surface area contributed by atoms with Gasteiger partial charge >= 0.3 is 0 Å². The van der Waals surface area contributed by atoms with Gasteiger partial charge in [-0.25, -0.2) is 0 Å². The summed E-state index contributed by atoms with van der Waals surface area (Å²) in [6, 6.07) is 13.3. The van der Waals surface area contributed by atoms with Gasteiger partial charge in [-0.2, -0.15) is 0 Å². The van der Waals surface area contributed by atoms with Gasteiger partial charge in [0, 0.05) is 27.3 Å². The largest absolute Gasteiger partial charge is 0.325 e. The number of carbonyl (C=O) groups is 1. The van der Waals surface area contributed by atoms with Crippen molar-refractivity contribution in [3.05, 3.63) is 70.2 Å². The van der Waals surface area contributed by atoms with Crippen LogP contribution in [-0.4, -0.2) is 26.4 Å². The Morgan fingerprint density at radius 3 is 2.75 bits per heavy atom. The van der Waals surface area contributed by atoms with E-state index in [0.717, 1.165) is 21.4 Å². The Balaban J connectivity index is 1.73. The molecule has 3 aromatic rings. The highest BCUT2D eigenvalue weighted by Gasteiger charge is 2.15. The smallest absolute Gasteiger partial charge is 0.234 e. The summed E-state index contributed by atoms with van der Waals surface area (Å²) in [5, 5.41) is 12.7. The van der Waals surface area contributed by atoms with Crippen molar-refractivity contribution < 1.29 is 4.79 Å². The molecule has 8 heteroatoms. The molecule has 0 aliphatic heterocycles. The number of aromatic nitrogens is 3. The lowest BCUT2D eigenvalue weighted by Crippen LogP contribution is -2.15. The topological polar surface area (TPSA) is 59.8 Å². The highest BCUT2D eigenvalue weighted by molar-refractivity contribution is 9.10. The van der Waals surface area contributed by atoms with Gasteiger partial charge in [0.15, 0.2) is 11.0 Å². The first kappa shape index (κ1) is 20.6. The number of rotatable bonds is 7. The normalized spacial score (nSPS) is 10.7. The van der Waals surface area contributed by atoms with Crippen LogP contribution in [0.1, 0.15) is 5.56 Å². The minimum absolute atomic E-state index is 0.131.